The predicted octanol–water partition coefficient (Wildman–Crippen LogP) is 4.50. The lowest BCUT2D eigenvalue weighted by atomic mass is 9.97. The molecule has 4 aromatic rings. The van der Waals surface area contributed by atoms with Crippen LogP contribution < -0.4 is 5.32 Å². The van der Waals surface area contributed by atoms with E-state index in [1.807, 2.05) is 83.8 Å². The summed E-state index contributed by atoms with van der Waals surface area (Å²) in [4.78, 5) is 37.7. The lowest BCUT2D eigenvalue weighted by molar-refractivity contribution is -0.135. The highest BCUT2D eigenvalue weighted by molar-refractivity contribution is 5.98. The summed E-state index contributed by atoms with van der Waals surface area (Å²) >= 11 is 0. The van der Waals surface area contributed by atoms with Gasteiger partial charge in [0.1, 0.15) is 11.7 Å². The maximum atomic E-state index is 13.9. The molecule has 0 aliphatic carbocycles. The molecule has 6 heteroatoms. The molecule has 3 heterocycles. The van der Waals surface area contributed by atoms with Gasteiger partial charge in [-0.2, -0.15) is 0 Å². The zero-order valence-electron chi connectivity index (χ0n) is 19.2. The molecule has 1 aliphatic heterocycles. The number of carbonyl (C=O) groups excluding carboxylic acids is 2. The molecule has 5 rings (SSSR count). The molecule has 1 aliphatic rings. The van der Waals surface area contributed by atoms with Crippen LogP contribution in [0, 0.1) is 0 Å². The van der Waals surface area contributed by atoms with Crippen LogP contribution in [-0.2, 0) is 11.2 Å². The van der Waals surface area contributed by atoms with E-state index in [4.69, 9.17) is 0 Å². The van der Waals surface area contributed by atoms with Gasteiger partial charge in [-0.25, -0.2) is 4.98 Å². The number of rotatable bonds is 6. The SMILES string of the molecule is O=C(N[C@@H](Cc1ccccc1)C(=O)N1CC=CCC1c1cccnc1)c1ccc2ccccc2n1. The molecule has 6 nitrogen and oxygen atoms in total. The second-order valence-electron chi connectivity index (χ2n) is 8.60. The van der Waals surface area contributed by atoms with Crippen LogP contribution in [0.15, 0.2) is 103 Å². The Labute approximate surface area is 204 Å². The maximum absolute atomic E-state index is 13.9. The summed E-state index contributed by atoms with van der Waals surface area (Å²) in [7, 11) is 0. The Morgan fingerprint density at radius 2 is 1.77 bits per heavy atom. The second kappa shape index (κ2) is 10.3. The number of hydrogen-bond donors (Lipinski definition) is 1. The van der Waals surface area contributed by atoms with Crippen molar-refractivity contribution in [1.82, 2.24) is 20.2 Å². The first-order chi connectivity index (χ1) is 17.2. The first-order valence-electron chi connectivity index (χ1n) is 11.7. The van der Waals surface area contributed by atoms with Crippen LogP contribution >= 0.6 is 0 Å². The second-order valence-corrected chi connectivity index (χ2v) is 8.60. The Morgan fingerprint density at radius 3 is 2.60 bits per heavy atom. The molecule has 0 spiro atoms. The minimum Gasteiger partial charge on any atom is -0.339 e. The van der Waals surface area contributed by atoms with Crippen molar-refractivity contribution in [2.75, 3.05) is 6.54 Å². The normalized spacial score (nSPS) is 16.1. The van der Waals surface area contributed by atoms with Gasteiger partial charge in [0.2, 0.25) is 5.91 Å². The summed E-state index contributed by atoms with van der Waals surface area (Å²) < 4.78 is 0. The van der Waals surface area contributed by atoms with Gasteiger partial charge in [-0.3, -0.25) is 14.6 Å². The van der Waals surface area contributed by atoms with Gasteiger partial charge in [-0.15, -0.1) is 0 Å². The van der Waals surface area contributed by atoms with Crippen LogP contribution in [-0.4, -0.2) is 39.3 Å². The Bertz CT molecular complexity index is 1360. The van der Waals surface area contributed by atoms with Crippen molar-refractivity contribution in [2.45, 2.75) is 24.9 Å². The zero-order valence-corrected chi connectivity index (χ0v) is 19.2. The van der Waals surface area contributed by atoms with E-state index in [0.29, 0.717) is 19.4 Å². The maximum Gasteiger partial charge on any atom is 0.270 e. The van der Waals surface area contributed by atoms with E-state index in [2.05, 4.69) is 21.4 Å². The van der Waals surface area contributed by atoms with Crippen molar-refractivity contribution in [3.05, 3.63) is 120 Å². The summed E-state index contributed by atoms with van der Waals surface area (Å²) in [6.07, 6.45) is 8.70. The molecule has 174 valence electrons. The standard InChI is InChI=1S/C29H26N4O2/c34-28(25-16-15-22-11-4-5-13-24(22)31-25)32-26(19-21-9-2-1-3-10-21)29(35)33-18-7-6-14-27(33)23-12-8-17-30-20-23/h1-13,15-17,20,26-27H,14,18-19H2,(H,32,34)/t26-,27?/m0/s1. The fraction of sp³-hybridized carbons (Fsp3) is 0.172. The first kappa shape index (κ1) is 22.5. The fourth-order valence-corrected chi connectivity index (χ4v) is 4.48. The lowest BCUT2D eigenvalue weighted by Crippen LogP contribution is -2.51. The molecular weight excluding hydrogens is 436 g/mol. The van der Waals surface area contributed by atoms with Gasteiger partial charge in [0.05, 0.1) is 11.6 Å². The smallest absolute Gasteiger partial charge is 0.270 e. The van der Waals surface area contributed by atoms with Crippen molar-refractivity contribution in [2.24, 2.45) is 0 Å². The molecule has 2 amide bonds. The highest BCUT2D eigenvalue weighted by Crippen LogP contribution is 2.28. The number of nitrogens with one attached hydrogen (secondary N) is 1. The minimum atomic E-state index is -0.733. The lowest BCUT2D eigenvalue weighted by Gasteiger charge is -2.36. The molecule has 35 heavy (non-hydrogen) atoms. The van der Waals surface area contributed by atoms with Crippen molar-refractivity contribution < 1.29 is 9.59 Å². The number of benzene rings is 2. The fourth-order valence-electron chi connectivity index (χ4n) is 4.48. The van der Waals surface area contributed by atoms with E-state index < -0.39 is 6.04 Å². The number of para-hydroxylation sites is 1. The van der Waals surface area contributed by atoms with E-state index in [9.17, 15) is 9.59 Å². The van der Waals surface area contributed by atoms with Gasteiger partial charge in [-0.05, 0) is 35.7 Å². The van der Waals surface area contributed by atoms with Crippen molar-refractivity contribution in [3.8, 4) is 0 Å². The van der Waals surface area contributed by atoms with E-state index >= 15 is 0 Å². The molecule has 2 aromatic carbocycles. The summed E-state index contributed by atoms with van der Waals surface area (Å²) in [5, 5.41) is 3.94. The van der Waals surface area contributed by atoms with E-state index in [0.717, 1.165) is 22.0 Å². The minimum absolute atomic E-state index is 0.124. The average molecular weight is 463 g/mol. The van der Waals surface area contributed by atoms with Gasteiger partial charge in [-0.1, -0.05) is 72.8 Å². The van der Waals surface area contributed by atoms with Crippen LogP contribution in [0.1, 0.15) is 34.1 Å². The Hall–Kier alpha value is -4.32. The summed E-state index contributed by atoms with van der Waals surface area (Å²) in [5.74, 6) is -0.489. The van der Waals surface area contributed by atoms with Crippen LogP contribution in [0.25, 0.3) is 10.9 Å². The first-order valence-corrected chi connectivity index (χ1v) is 11.7. The van der Waals surface area contributed by atoms with Crippen molar-refractivity contribution in [3.63, 3.8) is 0 Å². The Kier molecular flexibility index (Phi) is 6.61. The third-order valence-corrected chi connectivity index (χ3v) is 6.27. The highest BCUT2D eigenvalue weighted by atomic mass is 16.2. The molecule has 0 saturated carbocycles. The third kappa shape index (κ3) is 5.11. The Morgan fingerprint density at radius 1 is 0.943 bits per heavy atom. The summed E-state index contributed by atoms with van der Waals surface area (Å²) in [5.41, 5.74) is 2.98. The Balaban J connectivity index is 1.43. The van der Waals surface area contributed by atoms with Crippen LogP contribution in [0.3, 0.4) is 0 Å². The highest BCUT2D eigenvalue weighted by Gasteiger charge is 2.32. The predicted molar refractivity (Wildman–Crippen MR) is 136 cm³/mol. The molecular formula is C29H26N4O2. The van der Waals surface area contributed by atoms with Crippen molar-refractivity contribution >= 4 is 22.7 Å². The number of fused-ring (bicyclic) bond motifs is 1. The topological polar surface area (TPSA) is 75.2 Å². The molecule has 1 N–H and O–H groups in total. The van der Waals surface area contributed by atoms with Gasteiger partial charge in [0.25, 0.3) is 5.91 Å². The number of carbonyl (C=O) groups is 2. The van der Waals surface area contributed by atoms with Crippen LogP contribution in [0.5, 0.6) is 0 Å². The number of hydrogen-bond acceptors (Lipinski definition) is 4. The van der Waals surface area contributed by atoms with Gasteiger partial charge in [0.15, 0.2) is 0 Å². The van der Waals surface area contributed by atoms with E-state index in [1.165, 1.54) is 0 Å². The number of nitrogens with zero attached hydrogens (tertiary/aromatic N) is 3. The molecule has 2 aromatic heterocycles. The van der Waals surface area contributed by atoms with Crippen LogP contribution in [0.2, 0.25) is 0 Å². The number of pyridine rings is 2. The van der Waals surface area contributed by atoms with Gasteiger partial charge < -0.3 is 10.2 Å². The molecule has 0 fully saturated rings. The quantitative estimate of drug-likeness (QED) is 0.428. The zero-order chi connectivity index (χ0) is 24.0. The summed E-state index contributed by atoms with van der Waals surface area (Å²) in [6, 6.07) is 24.0. The molecule has 0 saturated heterocycles. The molecule has 2 atom stereocenters. The molecule has 0 radical (unpaired) electrons. The average Bonchev–Trinajstić information content (AvgIpc) is 2.93. The largest absolute Gasteiger partial charge is 0.339 e. The van der Waals surface area contributed by atoms with E-state index in [1.54, 1.807) is 18.5 Å². The van der Waals surface area contributed by atoms with E-state index in [-0.39, 0.29) is 23.6 Å². The molecule has 1 unspecified atom stereocenters. The van der Waals surface area contributed by atoms with Crippen LogP contribution in [0.4, 0.5) is 0 Å². The molecule has 0 bridgehead atoms. The van der Waals surface area contributed by atoms with Gasteiger partial charge >= 0.3 is 0 Å². The number of amides is 2. The summed E-state index contributed by atoms with van der Waals surface area (Å²) in [6.45, 7) is 0.480. The third-order valence-electron chi connectivity index (χ3n) is 6.27. The monoisotopic (exact) mass is 462 g/mol. The van der Waals surface area contributed by atoms with Gasteiger partial charge in [0, 0.05) is 30.7 Å². The number of aromatic nitrogens is 2. The van der Waals surface area contributed by atoms with Crippen molar-refractivity contribution in [1.29, 1.82) is 0 Å².